The summed E-state index contributed by atoms with van der Waals surface area (Å²) in [6.45, 7) is 3.17. The van der Waals surface area contributed by atoms with Gasteiger partial charge in [0, 0.05) is 25.2 Å². The van der Waals surface area contributed by atoms with E-state index >= 15 is 0 Å². The van der Waals surface area contributed by atoms with E-state index in [4.69, 9.17) is 10.5 Å². The Balaban J connectivity index is 1.90. The number of likely N-dealkylation sites (tertiary alicyclic amines) is 1. The zero-order valence-electron chi connectivity index (χ0n) is 13.2. The average Bonchev–Trinajstić information content (AvgIpc) is 2.55. The van der Waals surface area contributed by atoms with Crippen molar-refractivity contribution in [1.82, 2.24) is 14.5 Å². The third kappa shape index (κ3) is 3.30. The molecule has 1 saturated heterocycles. The molecule has 1 fully saturated rings. The number of aromatic nitrogens is 2. The van der Waals surface area contributed by atoms with Gasteiger partial charge in [0.25, 0.3) is 5.56 Å². The number of aromatic amines is 1. The molecule has 0 unspecified atom stereocenters. The summed E-state index contributed by atoms with van der Waals surface area (Å²) >= 11 is 0. The number of benzene rings is 1. The van der Waals surface area contributed by atoms with Gasteiger partial charge in [0.15, 0.2) is 0 Å². The van der Waals surface area contributed by atoms with E-state index in [1.165, 1.54) is 0 Å². The quantitative estimate of drug-likeness (QED) is 0.835. The maximum atomic E-state index is 12.2. The zero-order chi connectivity index (χ0) is 16.4. The molecule has 7 heteroatoms. The lowest BCUT2D eigenvalue weighted by Crippen LogP contribution is -2.42. The van der Waals surface area contributed by atoms with Crippen LogP contribution in [0.15, 0.2) is 27.8 Å². The smallest absolute Gasteiger partial charge is 0.328 e. The Kier molecular flexibility index (Phi) is 4.49. The van der Waals surface area contributed by atoms with Crippen LogP contribution in [0.4, 0.5) is 0 Å². The Morgan fingerprint density at radius 3 is 2.70 bits per heavy atom. The van der Waals surface area contributed by atoms with Gasteiger partial charge >= 0.3 is 5.69 Å². The fourth-order valence-corrected chi connectivity index (χ4v) is 3.04. The number of fused-ring (bicyclic) bond motifs is 1. The second-order valence-electron chi connectivity index (χ2n) is 5.97. The number of piperidine rings is 1. The van der Waals surface area contributed by atoms with Crippen LogP contribution in [0.2, 0.25) is 0 Å². The summed E-state index contributed by atoms with van der Waals surface area (Å²) in [5.74, 6) is 0.625. The van der Waals surface area contributed by atoms with Gasteiger partial charge in [0.05, 0.1) is 18.0 Å². The predicted octanol–water partition coefficient (Wildman–Crippen LogP) is 0.122. The molecular weight excluding hydrogens is 296 g/mol. The number of hydrogen-bond donors (Lipinski definition) is 2. The molecule has 0 bridgehead atoms. The average molecular weight is 318 g/mol. The summed E-state index contributed by atoms with van der Waals surface area (Å²) in [5, 5.41) is 0.492. The lowest BCUT2D eigenvalue weighted by Gasteiger charge is -2.30. The molecule has 0 spiro atoms. The number of methoxy groups -OCH3 is 1. The first-order chi connectivity index (χ1) is 11.1. The summed E-state index contributed by atoms with van der Waals surface area (Å²) in [7, 11) is 1.56. The van der Waals surface area contributed by atoms with Crippen LogP contribution >= 0.6 is 0 Å². The van der Waals surface area contributed by atoms with E-state index in [1.54, 1.807) is 29.9 Å². The Morgan fingerprint density at radius 2 is 2.00 bits per heavy atom. The summed E-state index contributed by atoms with van der Waals surface area (Å²) < 4.78 is 6.82. The van der Waals surface area contributed by atoms with E-state index in [2.05, 4.69) is 9.88 Å². The van der Waals surface area contributed by atoms with Crippen LogP contribution in [-0.2, 0) is 6.54 Å². The molecule has 1 aliphatic heterocycles. The summed E-state index contributed by atoms with van der Waals surface area (Å²) in [5.41, 5.74) is 5.77. The van der Waals surface area contributed by atoms with Crippen LogP contribution in [0.1, 0.15) is 12.8 Å². The van der Waals surface area contributed by atoms with Crippen LogP contribution in [0.25, 0.3) is 10.9 Å². The van der Waals surface area contributed by atoms with Crippen molar-refractivity contribution in [2.24, 2.45) is 5.73 Å². The van der Waals surface area contributed by atoms with E-state index < -0.39 is 0 Å². The topological polar surface area (TPSA) is 93.3 Å². The van der Waals surface area contributed by atoms with Gasteiger partial charge in [-0.2, -0.15) is 0 Å². The van der Waals surface area contributed by atoms with Crippen LogP contribution < -0.4 is 21.7 Å². The van der Waals surface area contributed by atoms with Crippen molar-refractivity contribution in [1.29, 1.82) is 0 Å². The maximum Gasteiger partial charge on any atom is 0.328 e. The Hall–Kier alpha value is -2.12. The molecule has 1 aromatic carbocycles. The minimum Gasteiger partial charge on any atom is -0.497 e. The molecule has 124 valence electrons. The highest BCUT2D eigenvalue weighted by molar-refractivity contribution is 5.79. The molecule has 3 rings (SSSR count). The van der Waals surface area contributed by atoms with E-state index in [0.717, 1.165) is 32.5 Å². The molecule has 1 aliphatic rings. The lowest BCUT2D eigenvalue weighted by molar-refractivity contribution is 0.206. The van der Waals surface area contributed by atoms with Gasteiger partial charge in [-0.15, -0.1) is 0 Å². The van der Waals surface area contributed by atoms with Gasteiger partial charge in [-0.3, -0.25) is 14.3 Å². The van der Waals surface area contributed by atoms with Crippen molar-refractivity contribution in [2.75, 3.05) is 26.7 Å². The van der Waals surface area contributed by atoms with Crippen molar-refractivity contribution in [3.05, 3.63) is 39.0 Å². The van der Waals surface area contributed by atoms with Gasteiger partial charge in [-0.05, 0) is 38.1 Å². The first-order valence-electron chi connectivity index (χ1n) is 7.87. The Morgan fingerprint density at radius 1 is 1.26 bits per heavy atom. The van der Waals surface area contributed by atoms with E-state index in [9.17, 15) is 9.59 Å². The third-order valence-electron chi connectivity index (χ3n) is 4.48. The minimum atomic E-state index is -0.385. The molecule has 0 amide bonds. The number of H-pyrrole nitrogens is 1. The third-order valence-corrected chi connectivity index (χ3v) is 4.48. The molecule has 2 heterocycles. The fraction of sp³-hybridized carbons (Fsp3) is 0.500. The summed E-state index contributed by atoms with van der Waals surface area (Å²) in [6, 6.07) is 5.42. The summed E-state index contributed by atoms with van der Waals surface area (Å²) in [6.07, 6.45) is 1.96. The van der Waals surface area contributed by atoms with Crippen molar-refractivity contribution in [3.63, 3.8) is 0 Å². The standard InChI is InChI=1S/C16H22N4O3/c1-23-12-2-3-13-14(10-12)20(16(22)18-15(13)21)9-8-19-6-4-11(17)5-7-19/h2-3,10-11H,4-9,17H2,1H3,(H,18,21,22). The van der Waals surface area contributed by atoms with Crippen LogP contribution in [0.3, 0.4) is 0 Å². The fourth-order valence-electron chi connectivity index (χ4n) is 3.04. The molecule has 0 saturated carbocycles. The van der Waals surface area contributed by atoms with Gasteiger partial charge in [0.1, 0.15) is 5.75 Å². The van der Waals surface area contributed by atoms with Crippen LogP contribution in [0.5, 0.6) is 5.75 Å². The van der Waals surface area contributed by atoms with Crippen LogP contribution in [-0.4, -0.2) is 47.2 Å². The number of ether oxygens (including phenoxy) is 1. The van der Waals surface area contributed by atoms with Gasteiger partial charge in [-0.25, -0.2) is 4.79 Å². The second-order valence-corrected chi connectivity index (χ2v) is 5.97. The molecular formula is C16H22N4O3. The highest BCUT2D eigenvalue weighted by atomic mass is 16.5. The second kappa shape index (κ2) is 6.55. The Bertz CT molecular complexity index is 803. The monoisotopic (exact) mass is 318 g/mol. The van der Waals surface area contributed by atoms with Gasteiger partial charge in [0.2, 0.25) is 0 Å². The predicted molar refractivity (Wildman–Crippen MR) is 89.0 cm³/mol. The largest absolute Gasteiger partial charge is 0.497 e. The van der Waals surface area contributed by atoms with Gasteiger partial charge in [-0.1, -0.05) is 0 Å². The molecule has 0 aliphatic carbocycles. The normalized spacial score (nSPS) is 16.8. The van der Waals surface area contributed by atoms with E-state index in [-0.39, 0.29) is 17.3 Å². The Labute approximate surface area is 133 Å². The zero-order valence-corrected chi connectivity index (χ0v) is 13.2. The molecule has 3 N–H and O–H groups in total. The first-order valence-corrected chi connectivity index (χ1v) is 7.87. The highest BCUT2D eigenvalue weighted by Gasteiger charge is 2.16. The minimum absolute atomic E-state index is 0.284. The molecule has 7 nitrogen and oxygen atoms in total. The molecule has 2 aromatic rings. The number of rotatable bonds is 4. The van der Waals surface area contributed by atoms with Crippen LogP contribution in [0, 0.1) is 0 Å². The van der Waals surface area contributed by atoms with Crippen molar-refractivity contribution < 1.29 is 4.74 Å². The number of nitrogens with one attached hydrogen (secondary N) is 1. The van der Waals surface area contributed by atoms with E-state index in [0.29, 0.717) is 23.2 Å². The lowest BCUT2D eigenvalue weighted by atomic mass is 10.1. The molecule has 0 atom stereocenters. The van der Waals surface area contributed by atoms with Crippen molar-refractivity contribution >= 4 is 10.9 Å². The molecule has 1 aromatic heterocycles. The van der Waals surface area contributed by atoms with Gasteiger partial charge < -0.3 is 15.4 Å². The number of nitrogens with zero attached hydrogens (tertiary/aromatic N) is 2. The SMILES string of the molecule is COc1ccc2c(=O)[nH]c(=O)n(CCN3CCC(N)CC3)c2c1. The molecule has 0 radical (unpaired) electrons. The maximum absolute atomic E-state index is 12.2. The number of hydrogen-bond acceptors (Lipinski definition) is 5. The van der Waals surface area contributed by atoms with Crippen molar-refractivity contribution in [2.45, 2.75) is 25.4 Å². The molecule has 23 heavy (non-hydrogen) atoms. The summed E-state index contributed by atoms with van der Waals surface area (Å²) in [4.78, 5) is 28.9. The number of nitrogens with two attached hydrogens (primary N) is 1. The van der Waals surface area contributed by atoms with E-state index in [1.807, 2.05) is 0 Å². The highest BCUT2D eigenvalue weighted by Crippen LogP contribution is 2.17. The first kappa shape index (κ1) is 15.8. The van der Waals surface area contributed by atoms with Crippen molar-refractivity contribution in [3.8, 4) is 5.75 Å².